The van der Waals surface area contributed by atoms with Gasteiger partial charge in [-0.15, -0.1) is 0 Å². The van der Waals surface area contributed by atoms with Gasteiger partial charge in [0.2, 0.25) is 0 Å². The predicted molar refractivity (Wildman–Crippen MR) is 77.4 cm³/mol. The van der Waals surface area contributed by atoms with E-state index in [0.29, 0.717) is 6.54 Å². The fraction of sp³-hybridized carbons (Fsp3) is 0.929. The highest BCUT2D eigenvalue weighted by molar-refractivity contribution is 5.67. The SMILES string of the molecule is CC(CNC(=O)OC(C)(C)C)NCCN1CCCC1. The maximum Gasteiger partial charge on any atom is 0.407 e. The van der Waals surface area contributed by atoms with Gasteiger partial charge in [0.15, 0.2) is 0 Å². The van der Waals surface area contributed by atoms with Gasteiger partial charge in [-0.25, -0.2) is 4.79 Å². The van der Waals surface area contributed by atoms with Crippen molar-refractivity contribution in [3.05, 3.63) is 0 Å². The van der Waals surface area contributed by atoms with E-state index in [4.69, 9.17) is 4.74 Å². The Labute approximate surface area is 117 Å². The van der Waals surface area contributed by atoms with Crippen LogP contribution in [0.1, 0.15) is 40.5 Å². The van der Waals surface area contributed by atoms with Crippen LogP contribution in [0.2, 0.25) is 0 Å². The molecular formula is C14H29N3O2. The van der Waals surface area contributed by atoms with E-state index in [2.05, 4.69) is 22.5 Å². The Hall–Kier alpha value is -0.810. The molecule has 19 heavy (non-hydrogen) atoms. The van der Waals surface area contributed by atoms with E-state index in [9.17, 15) is 4.79 Å². The molecule has 0 saturated carbocycles. The Balaban J connectivity index is 2.03. The van der Waals surface area contributed by atoms with Crippen LogP contribution in [-0.4, -0.2) is 55.4 Å². The number of nitrogens with zero attached hydrogens (tertiary/aromatic N) is 1. The number of hydrogen-bond acceptors (Lipinski definition) is 4. The average molecular weight is 271 g/mol. The zero-order chi connectivity index (χ0) is 14.3. The average Bonchev–Trinajstić information content (AvgIpc) is 2.77. The van der Waals surface area contributed by atoms with E-state index in [1.807, 2.05) is 20.8 Å². The number of nitrogens with one attached hydrogen (secondary N) is 2. The van der Waals surface area contributed by atoms with E-state index in [1.165, 1.54) is 25.9 Å². The van der Waals surface area contributed by atoms with Gasteiger partial charge in [-0.05, 0) is 53.6 Å². The minimum Gasteiger partial charge on any atom is -0.444 e. The quantitative estimate of drug-likeness (QED) is 0.770. The van der Waals surface area contributed by atoms with Gasteiger partial charge in [-0.2, -0.15) is 0 Å². The summed E-state index contributed by atoms with van der Waals surface area (Å²) in [6.45, 7) is 12.8. The summed E-state index contributed by atoms with van der Waals surface area (Å²) in [6.07, 6.45) is 2.31. The lowest BCUT2D eigenvalue weighted by Gasteiger charge is -2.22. The first-order valence-corrected chi connectivity index (χ1v) is 7.29. The minimum absolute atomic E-state index is 0.259. The molecule has 0 aromatic carbocycles. The number of carbonyl (C=O) groups excluding carboxylic acids is 1. The summed E-state index contributed by atoms with van der Waals surface area (Å²) >= 11 is 0. The van der Waals surface area contributed by atoms with Crippen LogP contribution in [0.5, 0.6) is 0 Å². The highest BCUT2D eigenvalue weighted by Gasteiger charge is 2.16. The smallest absolute Gasteiger partial charge is 0.407 e. The van der Waals surface area contributed by atoms with E-state index in [-0.39, 0.29) is 12.1 Å². The molecule has 1 rings (SSSR count). The molecule has 1 fully saturated rings. The van der Waals surface area contributed by atoms with Crippen molar-refractivity contribution in [1.29, 1.82) is 0 Å². The van der Waals surface area contributed by atoms with Gasteiger partial charge in [-0.3, -0.25) is 0 Å². The van der Waals surface area contributed by atoms with E-state index >= 15 is 0 Å². The Morgan fingerprint density at radius 2 is 1.95 bits per heavy atom. The van der Waals surface area contributed by atoms with E-state index in [0.717, 1.165) is 13.1 Å². The summed E-state index contributed by atoms with van der Waals surface area (Å²) in [5.41, 5.74) is -0.434. The van der Waals surface area contributed by atoms with Gasteiger partial charge < -0.3 is 20.3 Å². The van der Waals surface area contributed by atoms with Gasteiger partial charge >= 0.3 is 6.09 Å². The maximum atomic E-state index is 11.5. The molecule has 0 aliphatic carbocycles. The first kappa shape index (κ1) is 16.2. The summed E-state index contributed by atoms with van der Waals surface area (Å²) in [4.78, 5) is 13.9. The number of amides is 1. The number of ether oxygens (including phenoxy) is 1. The number of hydrogen-bond donors (Lipinski definition) is 2. The van der Waals surface area contributed by atoms with Crippen molar-refractivity contribution in [3.8, 4) is 0 Å². The summed E-state index contributed by atoms with van der Waals surface area (Å²) in [6, 6.07) is 0.259. The van der Waals surface area contributed by atoms with Crippen LogP contribution < -0.4 is 10.6 Å². The molecule has 0 aromatic heterocycles. The summed E-state index contributed by atoms with van der Waals surface area (Å²) in [7, 11) is 0. The molecule has 112 valence electrons. The maximum absolute atomic E-state index is 11.5. The molecule has 1 unspecified atom stereocenters. The van der Waals surface area contributed by atoms with Crippen LogP contribution in [-0.2, 0) is 4.74 Å². The Bertz CT molecular complexity index is 270. The lowest BCUT2D eigenvalue weighted by atomic mass is 10.2. The first-order chi connectivity index (χ1) is 8.87. The second-order valence-corrected chi connectivity index (χ2v) is 6.29. The molecule has 1 aliphatic heterocycles. The summed E-state index contributed by atoms with van der Waals surface area (Å²) < 4.78 is 5.19. The molecule has 1 saturated heterocycles. The molecule has 2 N–H and O–H groups in total. The van der Waals surface area contributed by atoms with Gasteiger partial charge in [0, 0.05) is 25.7 Å². The minimum atomic E-state index is -0.434. The third kappa shape index (κ3) is 8.06. The Morgan fingerprint density at radius 3 is 2.53 bits per heavy atom. The number of likely N-dealkylation sites (tertiary alicyclic amines) is 1. The zero-order valence-electron chi connectivity index (χ0n) is 12.8. The standard InChI is InChI=1S/C14H29N3O2/c1-12(11-16-13(18)19-14(2,3)4)15-7-10-17-8-5-6-9-17/h12,15H,5-11H2,1-4H3,(H,16,18). The molecule has 0 radical (unpaired) electrons. The third-order valence-corrected chi connectivity index (χ3v) is 3.07. The lowest BCUT2D eigenvalue weighted by molar-refractivity contribution is 0.0523. The number of rotatable bonds is 6. The van der Waals surface area contributed by atoms with Gasteiger partial charge in [0.1, 0.15) is 5.60 Å². The molecule has 1 heterocycles. The van der Waals surface area contributed by atoms with Crippen LogP contribution in [0.25, 0.3) is 0 Å². The molecule has 5 heteroatoms. The second-order valence-electron chi connectivity index (χ2n) is 6.29. The largest absolute Gasteiger partial charge is 0.444 e. The van der Waals surface area contributed by atoms with Crippen molar-refractivity contribution in [2.75, 3.05) is 32.7 Å². The van der Waals surface area contributed by atoms with Crippen molar-refractivity contribution in [2.45, 2.75) is 52.2 Å². The van der Waals surface area contributed by atoms with Crippen LogP contribution in [0.15, 0.2) is 0 Å². The molecule has 1 amide bonds. The fourth-order valence-electron chi connectivity index (χ4n) is 2.10. The fourth-order valence-corrected chi connectivity index (χ4v) is 2.10. The monoisotopic (exact) mass is 271 g/mol. The zero-order valence-corrected chi connectivity index (χ0v) is 12.8. The van der Waals surface area contributed by atoms with Crippen LogP contribution in [0, 0.1) is 0 Å². The second kappa shape index (κ2) is 7.70. The predicted octanol–water partition coefficient (Wildman–Crippen LogP) is 1.58. The van der Waals surface area contributed by atoms with Crippen molar-refractivity contribution in [3.63, 3.8) is 0 Å². The Morgan fingerprint density at radius 1 is 1.32 bits per heavy atom. The van der Waals surface area contributed by atoms with Crippen molar-refractivity contribution < 1.29 is 9.53 Å². The van der Waals surface area contributed by atoms with Crippen molar-refractivity contribution >= 4 is 6.09 Å². The van der Waals surface area contributed by atoms with Crippen LogP contribution in [0.4, 0.5) is 4.79 Å². The van der Waals surface area contributed by atoms with Crippen LogP contribution >= 0.6 is 0 Å². The van der Waals surface area contributed by atoms with Gasteiger partial charge in [0.05, 0.1) is 0 Å². The molecular weight excluding hydrogens is 242 g/mol. The lowest BCUT2D eigenvalue weighted by Crippen LogP contribution is -2.43. The summed E-state index contributed by atoms with van der Waals surface area (Å²) in [5, 5.41) is 6.20. The number of alkyl carbamates (subject to hydrolysis) is 1. The number of carbonyl (C=O) groups is 1. The molecule has 0 spiro atoms. The third-order valence-electron chi connectivity index (χ3n) is 3.07. The van der Waals surface area contributed by atoms with Crippen LogP contribution in [0.3, 0.4) is 0 Å². The molecule has 0 bridgehead atoms. The molecule has 5 nitrogen and oxygen atoms in total. The van der Waals surface area contributed by atoms with E-state index < -0.39 is 5.60 Å². The first-order valence-electron chi connectivity index (χ1n) is 7.29. The highest BCUT2D eigenvalue weighted by atomic mass is 16.6. The molecule has 1 atom stereocenters. The molecule has 0 aromatic rings. The normalized spacial score (nSPS) is 18.3. The topological polar surface area (TPSA) is 53.6 Å². The highest BCUT2D eigenvalue weighted by Crippen LogP contribution is 2.06. The van der Waals surface area contributed by atoms with Crippen molar-refractivity contribution in [2.24, 2.45) is 0 Å². The van der Waals surface area contributed by atoms with Gasteiger partial charge in [-0.1, -0.05) is 0 Å². The summed E-state index contributed by atoms with van der Waals surface area (Å²) in [5.74, 6) is 0. The van der Waals surface area contributed by atoms with Gasteiger partial charge in [0.25, 0.3) is 0 Å². The van der Waals surface area contributed by atoms with E-state index in [1.54, 1.807) is 0 Å². The van der Waals surface area contributed by atoms with Crippen molar-refractivity contribution in [1.82, 2.24) is 15.5 Å². The molecule has 1 aliphatic rings. The Kier molecular flexibility index (Phi) is 6.58.